The number of aryl methyl sites for hydroxylation is 1. The molecule has 0 unspecified atom stereocenters. The average Bonchev–Trinajstić information content (AvgIpc) is 3.06. The molecule has 0 spiro atoms. The van der Waals surface area contributed by atoms with Crippen molar-refractivity contribution in [1.82, 2.24) is 14.5 Å². The van der Waals surface area contributed by atoms with Crippen LogP contribution in [0.4, 0.5) is 8.78 Å². The summed E-state index contributed by atoms with van der Waals surface area (Å²) in [4.78, 5) is 18.4. The Labute approximate surface area is 180 Å². The second kappa shape index (κ2) is 10.8. The first kappa shape index (κ1) is 22.6. The fourth-order valence-corrected chi connectivity index (χ4v) is 4.05. The topological polar surface area (TPSA) is 47.4 Å². The number of halogens is 2. The summed E-state index contributed by atoms with van der Waals surface area (Å²) in [6.07, 6.45) is 5.10. The minimum absolute atomic E-state index is 0.200. The zero-order chi connectivity index (χ0) is 22.2. The molecule has 0 N–H and O–H groups in total. The minimum atomic E-state index is -0.234. The van der Waals surface area contributed by atoms with E-state index in [1.54, 1.807) is 12.3 Å². The highest BCUT2D eigenvalue weighted by atomic mass is 19.1. The Balaban J connectivity index is 0.000000858. The van der Waals surface area contributed by atoms with Gasteiger partial charge in [-0.3, -0.25) is 14.7 Å². The summed E-state index contributed by atoms with van der Waals surface area (Å²) in [6.45, 7) is 7.94. The third kappa shape index (κ3) is 5.55. The number of hydrogen-bond donors (Lipinski definition) is 0. The SMILES string of the molecule is C=CF.CCOC(=O)CCn1c2c(c3cc(F)ccc31)CN(Cc1cccnc1)CC2. The van der Waals surface area contributed by atoms with Crippen molar-refractivity contribution in [2.45, 2.75) is 39.4 Å². The molecule has 0 saturated carbocycles. The Bertz CT molecular complexity index is 1030. The molecule has 3 aromatic rings. The molecule has 31 heavy (non-hydrogen) atoms. The number of carbonyl (C=O) groups excluding carboxylic acids is 1. The van der Waals surface area contributed by atoms with Gasteiger partial charge in [-0.25, -0.2) is 8.78 Å². The monoisotopic (exact) mass is 427 g/mol. The van der Waals surface area contributed by atoms with Gasteiger partial charge in [0.15, 0.2) is 0 Å². The third-order valence-electron chi connectivity index (χ3n) is 5.27. The molecule has 4 rings (SSSR count). The lowest BCUT2D eigenvalue weighted by atomic mass is 10.0. The number of benzene rings is 1. The molecule has 3 heterocycles. The van der Waals surface area contributed by atoms with E-state index in [2.05, 4.69) is 27.1 Å². The number of hydrogen-bond acceptors (Lipinski definition) is 4. The van der Waals surface area contributed by atoms with E-state index >= 15 is 0 Å². The van der Waals surface area contributed by atoms with E-state index in [-0.39, 0.29) is 18.1 Å². The normalized spacial score (nSPS) is 13.3. The summed E-state index contributed by atoms with van der Waals surface area (Å²) in [7, 11) is 0. The summed E-state index contributed by atoms with van der Waals surface area (Å²) in [5.41, 5.74) is 4.52. The lowest BCUT2D eigenvalue weighted by molar-refractivity contribution is -0.143. The van der Waals surface area contributed by atoms with Gasteiger partial charge in [0.25, 0.3) is 0 Å². The van der Waals surface area contributed by atoms with Gasteiger partial charge in [0, 0.05) is 61.6 Å². The number of rotatable bonds is 6. The molecule has 0 amide bonds. The van der Waals surface area contributed by atoms with E-state index in [0.29, 0.717) is 19.6 Å². The highest BCUT2D eigenvalue weighted by Crippen LogP contribution is 2.32. The van der Waals surface area contributed by atoms with Crippen LogP contribution in [0.3, 0.4) is 0 Å². The molecule has 0 radical (unpaired) electrons. The zero-order valence-electron chi connectivity index (χ0n) is 17.7. The first-order valence-electron chi connectivity index (χ1n) is 10.3. The van der Waals surface area contributed by atoms with Gasteiger partial charge >= 0.3 is 5.97 Å². The summed E-state index contributed by atoms with van der Waals surface area (Å²) in [5, 5.41) is 0.940. The van der Waals surface area contributed by atoms with Gasteiger partial charge in [-0.1, -0.05) is 12.6 Å². The predicted octanol–water partition coefficient (Wildman–Crippen LogP) is 4.79. The lowest BCUT2D eigenvalue weighted by Gasteiger charge is -2.28. The van der Waals surface area contributed by atoms with Crippen molar-refractivity contribution in [2.24, 2.45) is 0 Å². The number of esters is 1. The largest absolute Gasteiger partial charge is 0.466 e. The molecule has 5 nitrogen and oxygen atoms in total. The Morgan fingerprint density at radius 1 is 1.35 bits per heavy atom. The second-order valence-corrected chi connectivity index (χ2v) is 7.27. The third-order valence-corrected chi connectivity index (χ3v) is 5.27. The summed E-state index contributed by atoms with van der Waals surface area (Å²) < 4.78 is 31.3. The second-order valence-electron chi connectivity index (χ2n) is 7.27. The van der Waals surface area contributed by atoms with Gasteiger partial charge in [-0.15, -0.1) is 0 Å². The van der Waals surface area contributed by atoms with Crippen molar-refractivity contribution < 1.29 is 18.3 Å². The maximum absolute atomic E-state index is 14.0. The van der Waals surface area contributed by atoms with Crippen LogP contribution in [-0.4, -0.2) is 33.6 Å². The summed E-state index contributed by atoms with van der Waals surface area (Å²) >= 11 is 0. The molecule has 0 atom stereocenters. The van der Waals surface area contributed by atoms with E-state index in [4.69, 9.17) is 4.74 Å². The van der Waals surface area contributed by atoms with Gasteiger partial charge in [0.2, 0.25) is 0 Å². The van der Waals surface area contributed by atoms with Crippen LogP contribution in [0.5, 0.6) is 0 Å². The standard InChI is InChI=1S/C22H24FN3O2.C2H3F/c1-2-28-22(27)8-11-26-20-6-5-17(23)12-18(20)19-15-25(10-7-21(19)26)14-16-4-3-9-24-13-16;1-2-3/h3-6,9,12-13H,2,7-8,10-11,14-15H2,1H3;2H,1H2. The molecule has 0 fully saturated rings. The fraction of sp³-hybridized carbons (Fsp3) is 0.333. The molecule has 1 aromatic carbocycles. The predicted molar refractivity (Wildman–Crippen MR) is 117 cm³/mol. The number of pyridine rings is 1. The molecule has 1 aliphatic heterocycles. The summed E-state index contributed by atoms with van der Waals surface area (Å²) in [5.74, 6) is -0.434. The maximum atomic E-state index is 14.0. The highest BCUT2D eigenvalue weighted by Gasteiger charge is 2.24. The van der Waals surface area contributed by atoms with Crippen LogP contribution in [0, 0.1) is 5.82 Å². The van der Waals surface area contributed by atoms with Crippen molar-refractivity contribution >= 4 is 16.9 Å². The van der Waals surface area contributed by atoms with Gasteiger partial charge < -0.3 is 9.30 Å². The Morgan fingerprint density at radius 3 is 2.87 bits per heavy atom. The first-order chi connectivity index (χ1) is 15.1. The lowest BCUT2D eigenvalue weighted by Crippen LogP contribution is -2.30. The molecule has 164 valence electrons. The molecule has 0 bridgehead atoms. The molecule has 1 aliphatic rings. The van der Waals surface area contributed by atoms with Gasteiger partial charge in [0.05, 0.1) is 19.4 Å². The van der Waals surface area contributed by atoms with Crippen LogP contribution in [0.25, 0.3) is 10.9 Å². The van der Waals surface area contributed by atoms with E-state index < -0.39 is 0 Å². The van der Waals surface area contributed by atoms with Gasteiger partial charge in [-0.05, 0) is 42.3 Å². The van der Waals surface area contributed by atoms with E-state index in [1.807, 2.05) is 25.3 Å². The van der Waals surface area contributed by atoms with E-state index in [0.717, 1.165) is 42.5 Å². The number of nitrogens with zero attached hydrogens (tertiary/aromatic N) is 3. The fourth-order valence-electron chi connectivity index (χ4n) is 4.05. The average molecular weight is 427 g/mol. The Hall–Kier alpha value is -3.06. The molecular weight excluding hydrogens is 400 g/mol. The van der Waals surface area contributed by atoms with Crippen LogP contribution in [-0.2, 0) is 35.6 Å². The number of ether oxygens (including phenoxy) is 1. The smallest absolute Gasteiger partial charge is 0.307 e. The highest BCUT2D eigenvalue weighted by molar-refractivity contribution is 5.86. The molecular formula is C24H27F2N3O2. The van der Waals surface area contributed by atoms with Gasteiger partial charge in [0.1, 0.15) is 5.82 Å². The first-order valence-corrected chi connectivity index (χ1v) is 10.3. The number of aromatic nitrogens is 2. The van der Waals surface area contributed by atoms with Crippen LogP contribution in [0.15, 0.2) is 55.6 Å². The Kier molecular flexibility index (Phi) is 7.89. The van der Waals surface area contributed by atoms with Crippen molar-refractivity contribution in [3.8, 4) is 0 Å². The molecule has 2 aromatic heterocycles. The van der Waals surface area contributed by atoms with Crippen molar-refractivity contribution in [3.63, 3.8) is 0 Å². The van der Waals surface area contributed by atoms with Crippen LogP contribution in [0.2, 0.25) is 0 Å². The van der Waals surface area contributed by atoms with E-state index in [1.165, 1.54) is 17.3 Å². The van der Waals surface area contributed by atoms with Crippen LogP contribution >= 0.6 is 0 Å². The van der Waals surface area contributed by atoms with Crippen LogP contribution in [0.1, 0.15) is 30.2 Å². The van der Waals surface area contributed by atoms with Crippen molar-refractivity contribution in [2.75, 3.05) is 13.2 Å². The summed E-state index contributed by atoms with van der Waals surface area (Å²) in [6, 6.07) is 8.94. The zero-order valence-corrected chi connectivity index (χ0v) is 17.7. The molecule has 7 heteroatoms. The quantitative estimate of drug-likeness (QED) is 0.531. The van der Waals surface area contributed by atoms with Crippen molar-refractivity contribution in [1.29, 1.82) is 0 Å². The number of carbonyl (C=O) groups is 1. The van der Waals surface area contributed by atoms with E-state index in [9.17, 15) is 13.6 Å². The molecule has 0 aliphatic carbocycles. The molecule has 0 saturated heterocycles. The maximum Gasteiger partial charge on any atom is 0.307 e. The minimum Gasteiger partial charge on any atom is -0.466 e. The van der Waals surface area contributed by atoms with Crippen LogP contribution < -0.4 is 0 Å². The number of fused-ring (bicyclic) bond motifs is 3. The van der Waals surface area contributed by atoms with Crippen molar-refractivity contribution in [3.05, 3.63) is 78.3 Å². The van der Waals surface area contributed by atoms with Gasteiger partial charge in [-0.2, -0.15) is 0 Å². The Morgan fingerprint density at radius 2 is 2.16 bits per heavy atom.